The zero-order valence-corrected chi connectivity index (χ0v) is 11.6. The monoisotopic (exact) mass is 258 g/mol. The van der Waals surface area contributed by atoms with E-state index >= 15 is 0 Å². The molecule has 1 aliphatic carbocycles. The summed E-state index contributed by atoms with van der Waals surface area (Å²) in [5.41, 5.74) is 2.86. The van der Waals surface area contributed by atoms with Gasteiger partial charge in [-0.2, -0.15) is 0 Å². The molecule has 0 aromatic heterocycles. The van der Waals surface area contributed by atoms with Gasteiger partial charge in [0.2, 0.25) is 5.91 Å². The molecule has 3 rings (SSSR count). The standard InChI is InChI=1S/C16H22N2O/c1-12(16(19)18-8-4-5-9-18)17-15-10-13-6-2-3-7-14(13)11-15/h2-3,6-7,12,15,17H,4-5,8-11H2,1H3. The van der Waals surface area contributed by atoms with E-state index < -0.39 is 0 Å². The van der Waals surface area contributed by atoms with Crippen LogP contribution in [0.25, 0.3) is 0 Å². The Morgan fingerprint density at radius 1 is 1.21 bits per heavy atom. The van der Waals surface area contributed by atoms with Gasteiger partial charge in [0.05, 0.1) is 6.04 Å². The number of amides is 1. The molecular formula is C16H22N2O. The van der Waals surface area contributed by atoms with E-state index in [2.05, 4.69) is 29.6 Å². The molecule has 1 amide bonds. The van der Waals surface area contributed by atoms with Crippen LogP contribution in [0.15, 0.2) is 24.3 Å². The van der Waals surface area contributed by atoms with Crippen LogP contribution in [-0.4, -0.2) is 36.0 Å². The lowest BCUT2D eigenvalue weighted by Crippen LogP contribution is -2.47. The lowest BCUT2D eigenvalue weighted by molar-refractivity contribution is -0.132. The highest BCUT2D eigenvalue weighted by Crippen LogP contribution is 2.22. The van der Waals surface area contributed by atoms with Crippen LogP contribution < -0.4 is 5.32 Å². The fourth-order valence-corrected chi connectivity index (χ4v) is 3.31. The number of benzene rings is 1. The lowest BCUT2D eigenvalue weighted by Gasteiger charge is -2.23. The number of hydrogen-bond acceptors (Lipinski definition) is 2. The maximum Gasteiger partial charge on any atom is 0.239 e. The Balaban J connectivity index is 1.56. The van der Waals surface area contributed by atoms with E-state index in [4.69, 9.17) is 0 Å². The normalized spacial score (nSPS) is 20.6. The Hall–Kier alpha value is -1.35. The van der Waals surface area contributed by atoms with E-state index in [0.29, 0.717) is 6.04 Å². The second-order valence-corrected chi connectivity index (χ2v) is 5.79. The molecule has 1 aromatic carbocycles. The number of rotatable bonds is 3. The van der Waals surface area contributed by atoms with Gasteiger partial charge in [0.15, 0.2) is 0 Å². The molecule has 3 heteroatoms. The molecule has 1 saturated heterocycles. The Morgan fingerprint density at radius 2 is 1.79 bits per heavy atom. The second kappa shape index (κ2) is 5.33. The molecule has 1 atom stereocenters. The molecule has 1 aromatic rings. The lowest BCUT2D eigenvalue weighted by atomic mass is 10.1. The van der Waals surface area contributed by atoms with Crippen molar-refractivity contribution in [3.8, 4) is 0 Å². The Kier molecular flexibility index (Phi) is 3.56. The van der Waals surface area contributed by atoms with Gasteiger partial charge in [-0.25, -0.2) is 0 Å². The molecule has 3 nitrogen and oxygen atoms in total. The van der Waals surface area contributed by atoms with Crippen molar-refractivity contribution in [2.45, 2.75) is 44.7 Å². The number of carbonyl (C=O) groups is 1. The van der Waals surface area contributed by atoms with Crippen LogP contribution in [-0.2, 0) is 17.6 Å². The van der Waals surface area contributed by atoms with Gasteiger partial charge in [-0.3, -0.25) is 4.79 Å². The molecule has 1 aliphatic heterocycles. The first-order valence-corrected chi connectivity index (χ1v) is 7.35. The van der Waals surface area contributed by atoms with E-state index in [1.165, 1.54) is 11.1 Å². The van der Waals surface area contributed by atoms with Crippen molar-refractivity contribution in [2.24, 2.45) is 0 Å². The van der Waals surface area contributed by atoms with E-state index in [1.807, 2.05) is 11.8 Å². The molecule has 19 heavy (non-hydrogen) atoms. The van der Waals surface area contributed by atoms with Crippen LogP contribution in [0.2, 0.25) is 0 Å². The van der Waals surface area contributed by atoms with Crippen molar-refractivity contribution in [1.29, 1.82) is 0 Å². The minimum Gasteiger partial charge on any atom is -0.341 e. The van der Waals surface area contributed by atoms with Gasteiger partial charge in [-0.15, -0.1) is 0 Å². The highest BCUT2D eigenvalue weighted by Gasteiger charge is 2.27. The first kappa shape index (κ1) is 12.7. The predicted molar refractivity (Wildman–Crippen MR) is 76.0 cm³/mol. The molecule has 1 heterocycles. The smallest absolute Gasteiger partial charge is 0.239 e. The summed E-state index contributed by atoms with van der Waals surface area (Å²) in [7, 11) is 0. The van der Waals surface area contributed by atoms with E-state index in [0.717, 1.165) is 38.8 Å². The van der Waals surface area contributed by atoms with Crippen molar-refractivity contribution in [3.63, 3.8) is 0 Å². The number of hydrogen-bond donors (Lipinski definition) is 1. The first-order valence-electron chi connectivity index (χ1n) is 7.35. The third kappa shape index (κ3) is 2.66. The third-order valence-electron chi connectivity index (χ3n) is 4.32. The molecular weight excluding hydrogens is 236 g/mol. The fraction of sp³-hybridized carbons (Fsp3) is 0.562. The van der Waals surface area contributed by atoms with Crippen molar-refractivity contribution < 1.29 is 4.79 Å². The van der Waals surface area contributed by atoms with Gasteiger partial charge < -0.3 is 10.2 Å². The zero-order valence-electron chi connectivity index (χ0n) is 11.6. The van der Waals surface area contributed by atoms with Crippen LogP contribution in [0.1, 0.15) is 30.9 Å². The summed E-state index contributed by atoms with van der Waals surface area (Å²) in [4.78, 5) is 14.3. The summed E-state index contributed by atoms with van der Waals surface area (Å²) in [6.45, 7) is 3.88. The molecule has 1 fully saturated rings. The number of fused-ring (bicyclic) bond motifs is 1. The first-order chi connectivity index (χ1) is 9.24. The number of nitrogens with one attached hydrogen (secondary N) is 1. The quantitative estimate of drug-likeness (QED) is 0.896. The second-order valence-electron chi connectivity index (χ2n) is 5.79. The van der Waals surface area contributed by atoms with E-state index in [9.17, 15) is 4.79 Å². The van der Waals surface area contributed by atoms with Crippen LogP contribution in [0, 0.1) is 0 Å². The van der Waals surface area contributed by atoms with Gasteiger partial charge in [-0.1, -0.05) is 24.3 Å². The van der Waals surface area contributed by atoms with Gasteiger partial charge in [0.1, 0.15) is 0 Å². The van der Waals surface area contributed by atoms with Crippen LogP contribution in [0.5, 0.6) is 0 Å². The SMILES string of the molecule is CC(NC1Cc2ccccc2C1)C(=O)N1CCCC1. The number of carbonyl (C=O) groups excluding carboxylic acids is 1. The molecule has 0 saturated carbocycles. The molecule has 0 radical (unpaired) electrons. The molecule has 2 aliphatic rings. The van der Waals surface area contributed by atoms with Gasteiger partial charge in [0.25, 0.3) is 0 Å². The summed E-state index contributed by atoms with van der Waals surface area (Å²) < 4.78 is 0. The number of nitrogens with zero attached hydrogens (tertiary/aromatic N) is 1. The molecule has 102 valence electrons. The zero-order chi connectivity index (χ0) is 13.2. The predicted octanol–water partition coefficient (Wildman–Crippen LogP) is 1.75. The van der Waals surface area contributed by atoms with Gasteiger partial charge >= 0.3 is 0 Å². The highest BCUT2D eigenvalue weighted by molar-refractivity contribution is 5.81. The fourth-order valence-electron chi connectivity index (χ4n) is 3.31. The molecule has 1 N–H and O–H groups in total. The minimum atomic E-state index is -0.0580. The van der Waals surface area contributed by atoms with E-state index in [-0.39, 0.29) is 11.9 Å². The van der Waals surface area contributed by atoms with Crippen molar-refractivity contribution in [3.05, 3.63) is 35.4 Å². The summed E-state index contributed by atoms with van der Waals surface area (Å²) in [5, 5.41) is 3.51. The Morgan fingerprint density at radius 3 is 2.37 bits per heavy atom. The van der Waals surface area contributed by atoms with E-state index in [1.54, 1.807) is 0 Å². The molecule has 1 unspecified atom stereocenters. The summed E-state index contributed by atoms with van der Waals surface area (Å²) in [6, 6.07) is 8.95. The maximum absolute atomic E-state index is 12.3. The maximum atomic E-state index is 12.3. The van der Waals surface area contributed by atoms with Crippen LogP contribution >= 0.6 is 0 Å². The minimum absolute atomic E-state index is 0.0580. The summed E-state index contributed by atoms with van der Waals surface area (Å²) >= 11 is 0. The van der Waals surface area contributed by atoms with Gasteiger partial charge in [0, 0.05) is 19.1 Å². The average molecular weight is 258 g/mol. The third-order valence-corrected chi connectivity index (χ3v) is 4.32. The van der Waals surface area contributed by atoms with Crippen molar-refractivity contribution in [1.82, 2.24) is 10.2 Å². The van der Waals surface area contributed by atoms with Gasteiger partial charge in [-0.05, 0) is 43.7 Å². The van der Waals surface area contributed by atoms with Crippen LogP contribution in [0.3, 0.4) is 0 Å². The highest BCUT2D eigenvalue weighted by atomic mass is 16.2. The van der Waals surface area contributed by atoms with Crippen molar-refractivity contribution in [2.75, 3.05) is 13.1 Å². The summed E-state index contributed by atoms with van der Waals surface area (Å²) in [6.07, 6.45) is 4.42. The molecule has 0 spiro atoms. The largest absolute Gasteiger partial charge is 0.341 e. The van der Waals surface area contributed by atoms with Crippen molar-refractivity contribution >= 4 is 5.91 Å². The molecule has 0 bridgehead atoms. The Labute approximate surface area is 115 Å². The Bertz CT molecular complexity index is 441. The number of likely N-dealkylation sites (tertiary alicyclic amines) is 1. The summed E-state index contributed by atoms with van der Waals surface area (Å²) in [5.74, 6) is 0.272. The van der Waals surface area contributed by atoms with Crippen LogP contribution in [0.4, 0.5) is 0 Å². The average Bonchev–Trinajstić information content (AvgIpc) is 3.06. The topological polar surface area (TPSA) is 32.3 Å².